The van der Waals surface area contributed by atoms with Gasteiger partial charge in [-0.1, -0.05) is 6.92 Å². The molecule has 0 bridgehead atoms. The number of nitrogens with one attached hydrogen (secondary N) is 1. The van der Waals surface area contributed by atoms with Crippen LogP contribution in [-0.2, 0) is 10.1 Å². The Bertz CT molecular complexity index is 233. The molecule has 0 saturated carbocycles. The van der Waals surface area contributed by atoms with Gasteiger partial charge in [0.05, 0.1) is 0 Å². The lowest BCUT2D eigenvalue weighted by Gasteiger charge is -2.09. The molecule has 6 nitrogen and oxygen atoms in total. The Hall–Kier alpha value is -0.820. The minimum absolute atomic E-state index is 0.259. The molecule has 0 fully saturated rings. The van der Waals surface area contributed by atoms with Crippen molar-refractivity contribution in [3.8, 4) is 0 Å². The summed E-state index contributed by atoms with van der Waals surface area (Å²) in [6, 6.07) is 0. The Kier molecular flexibility index (Phi) is 3.27. The molecule has 0 aromatic rings. The molecule has 1 amide bonds. The molecule has 0 aliphatic heterocycles. The summed E-state index contributed by atoms with van der Waals surface area (Å²) < 4.78 is 28.9. The van der Waals surface area contributed by atoms with Crippen molar-refractivity contribution in [2.45, 2.75) is 11.8 Å². The van der Waals surface area contributed by atoms with Gasteiger partial charge in [-0.3, -0.25) is 4.55 Å². The third-order valence-electron chi connectivity index (χ3n) is 0.906. The average Bonchev–Trinajstić information content (AvgIpc) is 1.79. The lowest BCUT2D eigenvalue weighted by molar-refractivity contribution is 0.192. The lowest BCUT2D eigenvalue weighted by atomic mass is 10.5. The molecule has 0 spiro atoms. The van der Waals surface area contributed by atoms with Crippen LogP contribution >= 0.6 is 0 Å². The molecule has 0 rings (SSSR count). The summed E-state index contributed by atoms with van der Waals surface area (Å²) in [4.78, 5) is 9.90. The van der Waals surface area contributed by atoms with E-state index < -0.39 is 21.6 Å². The van der Waals surface area contributed by atoms with Gasteiger partial charge >= 0.3 is 6.09 Å². The summed E-state index contributed by atoms with van der Waals surface area (Å²) in [6.45, 7) is 3.14. The molecule has 3 N–H and O–H groups in total. The molecule has 1 radical (unpaired) electrons. The van der Waals surface area contributed by atoms with Crippen LogP contribution in [0.15, 0.2) is 0 Å². The molecule has 0 aromatic carbocycles. The van der Waals surface area contributed by atoms with Gasteiger partial charge in [0.15, 0.2) is 5.37 Å². The van der Waals surface area contributed by atoms with E-state index in [0.717, 1.165) is 0 Å². The first kappa shape index (κ1) is 10.2. The first-order valence-electron chi connectivity index (χ1n) is 2.63. The van der Waals surface area contributed by atoms with E-state index in [1.54, 1.807) is 5.32 Å². The summed E-state index contributed by atoms with van der Waals surface area (Å²) in [5, 5.41) is 8.11. The molecule has 65 valence electrons. The second kappa shape index (κ2) is 3.54. The van der Waals surface area contributed by atoms with Crippen LogP contribution in [-0.4, -0.2) is 29.5 Å². The van der Waals surface area contributed by atoms with E-state index in [-0.39, 0.29) is 6.42 Å². The van der Waals surface area contributed by atoms with E-state index in [1.807, 2.05) is 0 Å². The number of carbonyl (C=O) groups is 1. The predicted molar refractivity (Wildman–Crippen MR) is 36.5 cm³/mol. The number of amides is 1. The minimum atomic E-state index is -4.36. The SMILES string of the molecule is [CH2]CC(NC(=O)O)S(=O)(=O)O. The van der Waals surface area contributed by atoms with Crippen LogP contribution in [0.3, 0.4) is 0 Å². The second-order valence-electron chi connectivity index (χ2n) is 1.74. The van der Waals surface area contributed by atoms with Gasteiger partial charge < -0.3 is 10.4 Å². The third-order valence-corrected chi connectivity index (χ3v) is 1.98. The van der Waals surface area contributed by atoms with Gasteiger partial charge in [0, 0.05) is 0 Å². The van der Waals surface area contributed by atoms with E-state index in [9.17, 15) is 13.2 Å². The molecule has 0 aromatic heterocycles. The maximum atomic E-state index is 10.3. The van der Waals surface area contributed by atoms with Gasteiger partial charge in [-0.15, -0.1) is 0 Å². The topological polar surface area (TPSA) is 104 Å². The average molecular weight is 182 g/mol. The normalized spacial score (nSPS) is 14.0. The van der Waals surface area contributed by atoms with E-state index in [2.05, 4.69) is 6.92 Å². The predicted octanol–water partition coefficient (Wildman–Crippen LogP) is -0.308. The fourth-order valence-electron chi connectivity index (χ4n) is 0.433. The van der Waals surface area contributed by atoms with Gasteiger partial charge in [-0.05, 0) is 6.42 Å². The summed E-state index contributed by atoms with van der Waals surface area (Å²) >= 11 is 0. The maximum Gasteiger partial charge on any atom is 0.405 e. The highest BCUT2D eigenvalue weighted by Gasteiger charge is 2.22. The molecule has 11 heavy (non-hydrogen) atoms. The van der Waals surface area contributed by atoms with Gasteiger partial charge in [0.25, 0.3) is 10.1 Å². The van der Waals surface area contributed by atoms with Crippen LogP contribution in [0.1, 0.15) is 6.42 Å². The summed E-state index contributed by atoms with van der Waals surface area (Å²) in [6.07, 6.45) is -1.78. The minimum Gasteiger partial charge on any atom is -0.465 e. The van der Waals surface area contributed by atoms with Crippen molar-refractivity contribution in [3.05, 3.63) is 6.92 Å². The van der Waals surface area contributed by atoms with Crippen molar-refractivity contribution in [3.63, 3.8) is 0 Å². The Balaban J connectivity index is 4.31. The smallest absolute Gasteiger partial charge is 0.405 e. The maximum absolute atomic E-state index is 10.3. The van der Waals surface area contributed by atoms with E-state index in [1.165, 1.54) is 0 Å². The summed E-state index contributed by atoms with van der Waals surface area (Å²) in [5.41, 5.74) is 0. The first-order valence-corrected chi connectivity index (χ1v) is 4.13. The van der Waals surface area contributed by atoms with Crippen LogP contribution in [0.4, 0.5) is 4.79 Å². The Morgan fingerprint density at radius 3 is 2.18 bits per heavy atom. The highest BCUT2D eigenvalue weighted by molar-refractivity contribution is 7.86. The van der Waals surface area contributed by atoms with Crippen LogP contribution in [0.5, 0.6) is 0 Å². The molecule has 0 aliphatic carbocycles. The highest BCUT2D eigenvalue weighted by Crippen LogP contribution is 1.98. The fraction of sp³-hybridized carbons (Fsp3) is 0.500. The van der Waals surface area contributed by atoms with Crippen molar-refractivity contribution >= 4 is 16.2 Å². The lowest BCUT2D eigenvalue weighted by Crippen LogP contribution is -2.39. The van der Waals surface area contributed by atoms with Crippen LogP contribution in [0.2, 0.25) is 0 Å². The van der Waals surface area contributed by atoms with Crippen molar-refractivity contribution in [2.75, 3.05) is 0 Å². The zero-order chi connectivity index (χ0) is 9.07. The van der Waals surface area contributed by atoms with Crippen LogP contribution < -0.4 is 5.32 Å². The Labute approximate surface area is 64.0 Å². The zero-order valence-corrected chi connectivity index (χ0v) is 6.34. The number of rotatable bonds is 3. The Morgan fingerprint density at radius 1 is 1.64 bits per heavy atom. The quantitative estimate of drug-likeness (QED) is 0.519. The monoisotopic (exact) mass is 182 g/mol. The zero-order valence-electron chi connectivity index (χ0n) is 5.52. The first-order chi connectivity index (χ1) is 4.88. The number of carboxylic acid groups (broad SMARTS) is 1. The number of hydrogen-bond donors (Lipinski definition) is 3. The Morgan fingerprint density at radius 2 is 2.09 bits per heavy atom. The van der Waals surface area contributed by atoms with Crippen molar-refractivity contribution in [1.29, 1.82) is 0 Å². The third kappa shape index (κ3) is 3.79. The molecule has 1 atom stereocenters. The molecular formula is C4H8NO5S. The van der Waals surface area contributed by atoms with Gasteiger partial charge in [-0.2, -0.15) is 8.42 Å². The second-order valence-corrected chi connectivity index (χ2v) is 3.34. The van der Waals surface area contributed by atoms with E-state index in [4.69, 9.17) is 9.66 Å². The summed E-state index contributed by atoms with van der Waals surface area (Å²) in [7, 11) is -4.36. The molecule has 1 unspecified atom stereocenters. The van der Waals surface area contributed by atoms with Gasteiger partial charge in [-0.25, -0.2) is 4.79 Å². The van der Waals surface area contributed by atoms with E-state index in [0.29, 0.717) is 0 Å². The van der Waals surface area contributed by atoms with Crippen molar-refractivity contribution in [1.82, 2.24) is 5.32 Å². The summed E-state index contributed by atoms with van der Waals surface area (Å²) in [5.74, 6) is 0. The molecule has 0 aliphatic rings. The molecule has 7 heteroatoms. The van der Waals surface area contributed by atoms with Gasteiger partial charge in [0.2, 0.25) is 0 Å². The van der Waals surface area contributed by atoms with Crippen LogP contribution in [0.25, 0.3) is 0 Å². The molecular weight excluding hydrogens is 174 g/mol. The standard InChI is InChI=1S/C4H8NO5S/c1-2-3(5-4(6)7)11(8,9)10/h3,5H,1-2H2,(H,6,7)(H,8,9,10). The van der Waals surface area contributed by atoms with Gasteiger partial charge in [0.1, 0.15) is 0 Å². The highest BCUT2D eigenvalue weighted by atomic mass is 32.2. The van der Waals surface area contributed by atoms with Crippen molar-refractivity contribution < 1.29 is 22.9 Å². The fourth-order valence-corrected chi connectivity index (χ4v) is 0.981. The number of hydrogen-bond acceptors (Lipinski definition) is 3. The van der Waals surface area contributed by atoms with Crippen molar-refractivity contribution in [2.24, 2.45) is 0 Å². The van der Waals surface area contributed by atoms with Crippen LogP contribution in [0, 0.1) is 6.92 Å². The molecule has 0 heterocycles. The largest absolute Gasteiger partial charge is 0.465 e. The molecule has 0 saturated heterocycles. The van der Waals surface area contributed by atoms with E-state index >= 15 is 0 Å².